The summed E-state index contributed by atoms with van der Waals surface area (Å²) in [5, 5.41) is 0. The predicted molar refractivity (Wildman–Crippen MR) is 156 cm³/mol. The number of benzene rings is 1. The molecule has 2 heteroatoms. The van der Waals surface area contributed by atoms with E-state index in [0.717, 1.165) is 43.1 Å². The van der Waals surface area contributed by atoms with Crippen molar-refractivity contribution < 1.29 is 4.79 Å². The van der Waals surface area contributed by atoms with Gasteiger partial charge in [-0.25, -0.2) is 0 Å². The summed E-state index contributed by atoms with van der Waals surface area (Å²) in [5.74, 6) is 4.80. The van der Waals surface area contributed by atoms with Gasteiger partial charge in [-0.15, -0.1) is 0 Å². The Morgan fingerprint density at radius 1 is 0.595 bits per heavy atom. The lowest BCUT2D eigenvalue weighted by molar-refractivity contribution is -0.136. The van der Waals surface area contributed by atoms with Crippen LogP contribution in [0.3, 0.4) is 0 Å². The van der Waals surface area contributed by atoms with Crippen LogP contribution < -0.4 is 0 Å². The van der Waals surface area contributed by atoms with Crippen molar-refractivity contribution in [3.63, 3.8) is 0 Å². The number of hydrogen-bond donors (Lipinski definition) is 0. The fourth-order valence-electron chi connectivity index (χ4n) is 8.63. The van der Waals surface area contributed by atoms with Gasteiger partial charge >= 0.3 is 0 Å². The zero-order valence-electron chi connectivity index (χ0n) is 23.5. The zero-order valence-corrected chi connectivity index (χ0v) is 23.5. The summed E-state index contributed by atoms with van der Waals surface area (Å²) < 4.78 is 0. The molecule has 1 saturated heterocycles. The average Bonchev–Trinajstić information content (AvgIpc) is 3.09. The molecule has 3 fully saturated rings. The number of carbonyl (C=O) groups excluding carboxylic acids is 1. The number of piperidine rings is 1. The number of allylic oxidation sites excluding steroid dienone is 2. The normalized spacial score (nSPS) is 35.8. The molecule has 4 aliphatic rings. The van der Waals surface area contributed by atoms with Crippen molar-refractivity contribution in [1.82, 2.24) is 4.90 Å². The van der Waals surface area contributed by atoms with Crippen molar-refractivity contribution in [3.8, 4) is 0 Å². The number of likely N-dealkylation sites (tertiary alicyclic amines) is 1. The topological polar surface area (TPSA) is 20.3 Å². The highest BCUT2D eigenvalue weighted by molar-refractivity contribution is 5.77. The second-order valence-corrected chi connectivity index (χ2v) is 13.1. The van der Waals surface area contributed by atoms with E-state index in [2.05, 4.69) is 47.4 Å². The number of fused-ring (bicyclic) bond motifs is 1. The standard InChI is InChI=1S/C35H53NO/c37-35-24-6-7-27-36(35)34-22-5-4-14-29(21-11-23-34)32-19-10-18-31-17-8-15-30(28-12-2-1-3-13-28)16-9-20-33(31)26-25-32/h1-3,8,12-13,15,29-34H,4-7,9-11,14,16-27H2/b15-8-. The first kappa shape index (κ1) is 27.0. The lowest BCUT2D eigenvalue weighted by atomic mass is 9.71. The Labute approximate surface area is 227 Å². The van der Waals surface area contributed by atoms with Crippen molar-refractivity contribution in [1.29, 1.82) is 0 Å². The van der Waals surface area contributed by atoms with Crippen LogP contribution in [-0.2, 0) is 4.79 Å². The fourth-order valence-corrected chi connectivity index (χ4v) is 8.63. The molecule has 1 aliphatic heterocycles. The van der Waals surface area contributed by atoms with Gasteiger partial charge in [-0.3, -0.25) is 4.79 Å². The number of nitrogens with zero attached hydrogens (tertiary/aromatic N) is 1. The van der Waals surface area contributed by atoms with Crippen LogP contribution in [0.4, 0.5) is 0 Å². The van der Waals surface area contributed by atoms with Crippen LogP contribution in [0.15, 0.2) is 42.5 Å². The van der Waals surface area contributed by atoms with Crippen LogP contribution in [0.5, 0.6) is 0 Å². The van der Waals surface area contributed by atoms with Crippen molar-refractivity contribution in [2.75, 3.05) is 6.54 Å². The van der Waals surface area contributed by atoms with Gasteiger partial charge in [0.05, 0.1) is 0 Å². The van der Waals surface area contributed by atoms with Gasteiger partial charge in [0.25, 0.3) is 0 Å². The highest BCUT2D eigenvalue weighted by Crippen LogP contribution is 2.42. The zero-order chi connectivity index (χ0) is 25.3. The second kappa shape index (κ2) is 14.0. The summed E-state index contributed by atoms with van der Waals surface area (Å²) in [7, 11) is 0. The largest absolute Gasteiger partial charge is 0.340 e. The summed E-state index contributed by atoms with van der Waals surface area (Å²) in [4.78, 5) is 14.8. The van der Waals surface area contributed by atoms with Crippen molar-refractivity contribution in [3.05, 3.63) is 48.0 Å². The van der Waals surface area contributed by atoms with Gasteiger partial charge in [0, 0.05) is 24.9 Å². The molecule has 1 amide bonds. The molecule has 1 aromatic carbocycles. The Hall–Kier alpha value is -1.57. The first-order valence-electron chi connectivity index (χ1n) is 16.3. The molecule has 6 unspecified atom stereocenters. The van der Waals surface area contributed by atoms with E-state index in [-0.39, 0.29) is 0 Å². The van der Waals surface area contributed by atoms with Crippen LogP contribution in [0.2, 0.25) is 0 Å². The van der Waals surface area contributed by atoms with Gasteiger partial charge in [-0.05, 0) is 87.0 Å². The summed E-state index contributed by atoms with van der Waals surface area (Å²) in [6.07, 6.45) is 30.4. The highest BCUT2D eigenvalue weighted by atomic mass is 16.2. The average molecular weight is 504 g/mol. The SMILES string of the molecule is O=C1CCCCN1C1CCCCC(C2CCCC3C/C=C\C(c4ccccc4)CCCC3CC2)CCC1. The maximum atomic E-state index is 12.6. The minimum absolute atomic E-state index is 0.446. The molecule has 0 bridgehead atoms. The maximum absolute atomic E-state index is 12.6. The monoisotopic (exact) mass is 503 g/mol. The number of amides is 1. The van der Waals surface area contributed by atoms with Crippen LogP contribution in [-0.4, -0.2) is 23.4 Å². The van der Waals surface area contributed by atoms with E-state index in [1.807, 2.05) is 0 Å². The Bertz CT molecular complexity index is 846. The van der Waals surface area contributed by atoms with Gasteiger partial charge in [0.2, 0.25) is 5.91 Å². The molecule has 204 valence electrons. The Morgan fingerprint density at radius 2 is 1.22 bits per heavy atom. The lowest BCUT2D eigenvalue weighted by Crippen LogP contribution is -2.43. The smallest absolute Gasteiger partial charge is 0.222 e. The number of carbonyl (C=O) groups is 1. The molecule has 0 N–H and O–H groups in total. The lowest BCUT2D eigenvalue weighted by Gasteiger charge is -2.35. The summed E-state index contributed by atoms with van der Waals surface area (Å²) in [6, 6.07) is 11.7. The molecule has 5 rings (SSSR count). The maximum Gasteiger partial charge on any atom is 0.222 e. The first-order valence-corrected chi connectivity index (χ1v) is 16.3. The summed E-state index contributed by atoms with van der Waals surface area (Å²) >= 11 is 0. The highest BCUT2D eigenvalue weighted by Gasteiger charge is 2.31. The molecule has 2 nitrogen and oxygen atoms in total. The van der Waals surface area contributed by atoms with Crippen LogP contribution in [0.25, 0.3) is 0 Å². The summed E-state index contributed by atoms with van der Waals surface area (Å²) in [5.41, 5.74) is 1.50. The van der Waals surface area contributed by atoms with Crippen LogP contribution >= 0.6 is 0 Å². The van der Waals surface area contributed by atoms with Crippen LogP contribution in [0, 0.1) is 23.7 Å². The van der Waals surface area contributed by atoms with Crippen molar-refractivity contribution in [2.45, 2.75) is 134 Å². The van der Waals surface area contributed by atoms with E-state index in [4.69, 9.17) is 0 Å². The molecule has 6 atom stereocenters. The second-order valence-electron chi connectivity index (χ2n) is 13.1. The molecule has 0 aromatic heterocycles. The van der Waals surface area contributed by atoms with E-state index >= 15 is 0 Å². The van der Waals surface area contributed by atoms with Crippen LogP contribution in [0.1, 0.15) is 133 Å². The van der Waals surface area contributed by atoms with E-state index < -0.39 is 0 Å². The van der Waals surface area contributed by atoms with E-state index in [1.54, 1.807) is 0 Å². The molecule has 37 heavy (non-hydrogen) atoms. The molecule has 0 spiro atoms. The molecular formula is C35H53NO. The predicted octanol–water partition coefficient (Wildman–Crippen LogP) is 9.45. The van der Waals surface area contributed by atoms with Gasteiger partial charge in [-0.1, -0.05) is 100 Å². The Morgan fingerprint density at radius 3 is 2.03 bits per heavy atom. The third kappa shape index (κ3) is 7.51. The first-order chi connectivity index (χ1) is 18.3. The minimum Gasteiger partial charge on any atom is -0.340 e. The van der Waals surface area contributed by atoms with E-state index in [1.165, 1.54) is 115 Å². The number of hydrogen-bond acceptors (Lipinski definition) is 1. The van der Waals surface area contributed by atoms with Gasteiger partial charge < -0.3 is 4.90 Å². The molecule has 0 radical (unpaired) electrons. The van der Waals surface area contributed by atoms with Crippen molar-refractivity contribution >= 4 is 5.91 Å². The number of rotatable bonds is 3. The van der Waals surface area contributed by atoms with Gasteiger partial charge in [0.15, 0.2) is 0 Å². The fraction of sp³-hybridized carbons (Fsp3) is 0.743. The molecule has 1 aromatic rings. The molecule has 2 saturated carbocycles. The van der Waals surface area contributed by atoms with Crippen molar-refractivity contribution in [2.24, 2.45) is 23.7 Å². The van der Waals surface area contributed by atoms with E-state index in [0.29, 0.717) is 17.9 Å². The molecule has 3 aliphatic carbocycles. The third-order valence-electron chi connectivity index (χ3n) is 10.8. The van der Waals surface area contributed by atoms with Gasteiger partial charge in [0.1, 0.15) is 0 Å². The summed E-state index contributed by atoms with van der Waals surface area (Å²) in [6.45, 7) is 1.03. The minimum atomic E-state index is 0.446. The quantitative estimate of drug-likeness (QED) is 0.376. The van der Waals surface area contributed by atoms with E-state index in [9.17, 15) is 4.79 Å². The Balaban J connectivity index is 1.14. The molecule has 1 heterocycles. The Kier molecular flexibility index (Phi) is 10.2. The van der Waals surface area contributed by atoms with Gasteiger partial charge in [-0.2, -0.15) is 0 Å². The third-order valence-corrected chi connectivity index (χ3v) is 10.8. The molecular weight excluding hydrogens is 450 g/mol.